The fourth-order valence-electron chi connectivity index (χ4n) is 2.29. The van der Waals surface area contributed by atoms with Crippen molar-refractivity contribution < 1.29 is 14.3 Å². The largest absolute Gasteiger partial charge is 0.479 e. The van der Waals surface area contributed by atoms with E-state index in [1.807, 2.05) is 37.3 Å². The van der Waals surface area contributed by atoms with Crippen LogP contribution in [0.1, 0.15) is 18.9 Å². The Balaban J connectivity index is 2.28. The van der Waals surface area contributed by atoms with E-state index < -0.39 is 11.5 Å². The Labute approximate surface area is 123 Å². The Hall–Kier alpha value is -2.36. The molecule has 0 bridgehead atoms. The maximum atomic E-state index is 13.0. The number of aliphatic carboxylic acids is 1. The van der Waals surface area contributed by atoms with Gasteiger partial charge < -0.3 is 10.4 Å². The Morgan fingerprint density at radius 3 is 2.29 bits per heavy atom. The molecule has 0 aromatic heterocycles. The first-order valence-corrected chi connectivity index (χ1v) is 6.87. The van der Waals surface area contributed by atoms with Crippen molar-refractivity contribution in [2.24, 2.45) is 0 Å². The van der Waals surface area contributed by atoms with Crippen LogP contribution in [0.2, 0.25) is 0 Å². The Bertz CT molecular complexity index is 598. The lowest BCUT2D eigenvalue weighted by atomic mass is 9.87. The SMILES string of the molecule is CCC(Cc1ccccc1)(Nc1ccc(F)cc1)C(=O)O. The van der Waals surface area contributed by atoms with Crippen molar-refractivity contribution in [1.82, 2.24) is 0 Å². The summed E-state index contributed by atoms with van der Waals surface area (Å²) in [6.07, 6.45) is 0.769. The van der Waals surface area contributed by atoms with Crippen LogP contribution < -0.4 is 5.32 Å². The summed E-state index contributed by atoms with van der Waals surface area (Å²) in [4.78, 5) is 11.8. The molecule has 2 aromatic rings. The zero-order valence-corrected chi connectivity index (χ0v) is 11.8. The summed E-state index contributed by atoms with van der Waals surface area (Å²) in [6.45, 7) is 1.83. The van der Waals surface area contributed by atoms with Crippen LogP contribution in [0.15, 0.2) is 54.6 Å². The molecule has 1 unspecified atom stereocenters. The molecule has 0 radical (unpaired) electrons. The van der Waals surface area contributed by atoms with Crippen LogP contribution in [0.25, 0.3) is 0 Å². The van der Waals surface area contributed by atoms with E-state index in [1.54, 1.807) is 12.1 Å². The van der Waals surface area contributed by atoms with Crippen LogP contribution in [0, 0.1) is 5.82 Å². The minimum absolute atomic E-state index is 0.346. The summed E-state index contributed by atoms with van der Waals surface area (Å²) in [5.41, 5.74) is 0.423. The number of carbonyl (C=O) groups is 1. The van der Waals surface area contributed by atoms with E-state index in [4.69, 9.17) is 0 Å². The third-order valence-electron chi connectivity index (χ3n) is 3.59. The molecule has 0 amide bonds. The molecule has 21 heavy (non-hydrogen) atoms. The topological polar surface area (TPSA) is 49.3 Å². The second-order valence-corrected chi connectivity index (χ2v) is 5.04. The molecule has 0 aliphatic carbocycles. The smallest absolute Gasteiger partial charge is 0.329 e. The zero-order chi connectivity index (χ0) is 15.3. The first-order valence-electron chi connectivity index (χ1n) is 6.87. The van der Waals surface area contributed by atoms with Crippen molar-refractivity contribution in [1.29, 1.82) is 0 Å². The molecule has 3 nitrogen and oxygen atoms in total. The molecule has 0 heterocycles. The minimum atomic E-state index is -1.11. The van der Waals surface area contributed by atoms with Crippen molar-refractivity contribution >= 4 is 11.7 Å². The van der Waals surface area contributed by atoms with Gasteiger partial charge in [0.05, 0.1) is 0 Å². The van der Waals surface area contributed by atoms with Crippen LogP contribution in [-0.2, 0) is 11.2 Å². The van der Waals surface area contributed by atoms with Gasteiger partial charge in [-0.05, 0) is 36.2 Å². The fourth-order valence-corrected chi connectivity index (χ4v) is 2.29. The number of nitrogens with one attached hydrogen (secondary N) is 1. The number of rotatable bonds is 6. The zero-order valence-electron chi connectivity index (χ0n) is 11.8. The molecular formula is C17H18FNO2. The number of halogens is 1. The summed E-state index contributed by atoms with van der Waals surface area (Å²) in [5, 5.41) is 12.7. The van der Waals surface area contributed by atoms with E-state index in [0.717, 1.165) is 5.56 Å². The van der Waals surface area contributed by atoms with Gasteiger partial charge in [-0.25, -0.2) is 9.18 Å². The average Bonchev–Trinajstić information content (AvgIpc) is 2.49. The van der Waals surface area contributed by atoms with Crippen molar-refractivity contribution in [2.75, 3.05) is 5.32 Å². The molecule has 0 saturated heterocycles. The van der Waals surface area contributed by atoms with Gasteiger partial charge in [0.2, 0.25) is 0 Å². The standard InChI is InChI=1S/C17H18FNO2/c1-2-17(16(20)21,12-13-6-4-3-5-7-13)19-15-10-8-14(18)9-11-15/h3-11,19H,2,12H2,1H3,(H,20,21). The van der Waals surface area contributed by atoms with Crippen LogP contribution in [0.3, 0.4) is 0 Å². The highest BCUT2D eigenvalue weighted by molar-refractivity contribution is 5.83. The highest BCUT2D eigenvalue weighted by Gasteiger charge is 2.36. The normalized spacial score (nSPS) is 13.4. The number of carboxylic acids is 1. The van der Waals surface area contributed by atoms with Gasteiger partial charge in [0.1, 0.15) is 11.4 Å². The first kappa shape index (κ1) is 15.0. The summed E-state index contributed by atoms with van der Waals surface area (Å²) >= 11 is 0. The van der Waals surface area contributed by atoms with E-state index in [9.17, 15) is 14.3 Å². The molecule has 1 atom stereocenters. The van der Waals surface area contributed by atoms with Gasteiger partial charge in [0.25, 0.3) is 0 Å². The molecule has 2 N–H and O–H groups in total. The number of benzene rings is 2. The van der Waals surface area contributed by atoms with E-state index in [-0.39, 0.29) is 5.82 Å². The van der Waals surface area contributed by atoms with Crippen molar-refractivity contribution in [3.05, 3.63) is 66.0 Å². The molecule has 110 valence electrons. The second-order valence-electron chi connectivity index (χ2n) is 5.04. The van der Waals surface area contributed by atoms with E-state index in [2.05, 4.69) is 5.32 Å². The number of anilines is 1. The molecule has 0 aliphatic heterocycles. The predicted octanol–water partition coefficient (Wildman–Crippen LogP) is 3.71. The molecule has 0 saturated carbocycles. The summed E-state index contributed by atoms with van der Waals surface area (Å²) in [7, 11) is 0. The third kappa shape index (κ3) is 3.60. The Morgan fingerprint density at radius 2 is 1.76 bits per heavy atom. The Kier molecular flexibility index (Phi) is 4.58. The van der Waals surface area contributed by atoms with Gasteiger partial charge in [-0.15, -0.1) is 0 Å². The van der Waals surface area contributed by atoms with E-state index >= 15 is 0 Å². The van der Waals surface area contributed by atoms with Crippen molar-refractivity contribution in [3.8, 4) is 0 Å². The quantitative estimate of drug-likeness (QED) is 0.851. The molecule has 2 aromatic carbocycles. The second kappa shape index (κ2) is 6.39. The lowest BCUT2D eigenvalue weighted by molar-refractivity contribution is -0.142. The monoisotopic (exact) mass is 287 g/mol. The van der Waals surface area contributed by atoms with E-state index in [1.165, 1.54) is 12.1 Å². The van der Waals surface area contributed by atoms with E-state index in [0.29, 0.717) is 18.5 Å². The predicted molar refractivity (Wildman–Crippen MR) is 80.8 cm³/mol. The minimum Gasteiger partial charge on any atom is -0.479 e. The fraction of sp³-hybridized carbons (Fsp3) is 0.235. The molecule has 0 aliphatic rings. The number of hydrogen-bond donors (Lipinski definition) is 2. The van der Waals surface area contributed by atoms with Crippen molar-refractivity contribution in [3.63, 3.8) is 0 Å². The lowest BCUT2D eigenvalue weighted by Gasteiger charge is -2.30. The summed E-state index contributed by atoms with van der Waals surface area (Å²) in [6, 6.07) is 15.2. The maximum Gasteiger partial charge on any atom is 0.329 e. The van der Waals surface area contributed by atoms with Crippen LogP contribution in [0.4, 0.5) is 10.1 Å². The molecule has 0 fully saturated rings. The lowest BCUT2D eigenvalue weighted by Crippen LogP contribution is -2.47. The van der Waals surface area contributed by atoms with Gasteiger partial charge in [0, 0.05) is 12.1 Å². The highest BCUT2D eigenvalue weighted by atomic mass is 19.1. The van der Waals surface area contributed by atoms with Crippen LogP contribution in [0.5, 0.6) is 0 Å². The summed E-state index contributed by atoms with van der Waals surface area (Å²) in [5.74, 6) is -1.26. The highest BCUT2D eigenvalue weighted by Crippen LogP contribution is 2.24. The first-order chi connectivity index (χ1) is 10.1. The number of hydrogen-bond acceptors (Lipinski definition) is 2. The molecule has 2 rings (SSSR count). The van der Waals surface area contributed by atoms with Crippen LogP contribution in [-0.4, -0.2) is 16.6 Å². The average molecular weight is 287 g/mol. The molecule has 4 heteroatoms. The van der Waals surface area contributed by atoms with Gasteiger partial charge in [-0.2, -0.15) is 0 Å². The van der Waals surface area contributed by atoms with Crippen molar-refractivity contribution in [2.45, 2.75) is 25.3 Å². The summed E-state index contributed by atoms with van der Waals surface area (Å²) < 4.78 is 13.0. The maximum absolute atomic E-state index is 13.0. The number of carboxylic acid groups (broad SMARTS) is 1. The van der Waals surface area contributed by atoms with Gasteiger partial charge in [-0.3, -0.25) is 0 Å². The van der Waals surface area contributed by atoms with Gasteiger partial charge >= 0.3 is 5.97 Å². The van der Waals surface area contributed by atoms with Gasteiger partial charge in [0.15, 0.2) is 0 Å². The molecule has 0 spiro atoms. The Morgan fingerprint density at radius 1 is 1.14 bits per heavy atom. The molecular weight excluding hydrogens is 269 g/mol. The van der Waals surface area contributed by atoms with Gasteiger partial charge in [-0.1, -0.05) is 37.3 Å². The van der Waals surface area contributed by atoms with Crippen LogP contribution >= 0.6 is 0 Å². The third-order valence-corrected chi connectivity index (χ3v) is 3.59.